The fraction of sp³-hybridized carbons (Fsp3) is 0.250. The summed E-state index contributed by atoms with van der Waals surface area (Å²) >= 11 is 1.68. The van der Waals surface area contributed by atoms with Gasteiger partial charge in [-0.2, -0.15) is 5.10 Å². The van der Waals surface area contributed by atoms with Gasteiger partial charge in [0, 0.05) is 12.1 Å². The smallest absolute Gasteiger partial charge is 0.118 e. The number of H-pyrrole nitrogens is 1. The molecule has 0 bridgehead atoms. The van der Waals surface area contributed by atoms with Crippen LogP contribution in [0.4, 0.5) is 0 Å². The first-order chi connectivity index (χ1) is 10.2. The van der Waals surface area contributed by atoms with Crippen LogP contribution in [0.1, 0.15) is 22.0 Å². The van der Waals surface area contributed by atoms with Gasteiger partial charge in [0.1, 0.15) is 11.4 Å². The molecule has 4 nitrogen and oxygen atoms in total. The lowest BCUT2D eigenvalue weighted by atomic mass is 10.1. The first-order valence-electron chi connectivity index (χ1n) is 6.77. The van der Waals surface area contributed by atoms with E-state index in [0.29, 0.717) is 0 Å². The molecule has 3 aromatic rings. The summed E-state index contributed by atoms with van der Waals surface area (Å²) in [5.41, 5.74) is 4.34. The van der Waals surface area contributed by atoms with E-state index >= 15 is 0 Å². The summed E-state index contributed by atoms with van der Waals surface area (Å²) in [7, 11) is 1.68. The third-order valence-corrected chi connectivity index (χ3v) is 4.42. The highest BCUT2D eigenvalue weighted by atomic mass is 32.1. The van der Waals surface area contributed by atoms with Gasteiger partial charge in [0.05, 0.1) is 22.7 Å². The van der Waals surface area contributed by atoms with E-state index in [4.69, 9.17) is 4.74 Å². The molecule has 0 radical (unpaired) electrons. The van der Waals surface area contributed by atoms with Crippen LogP contribution in [-0.2, 0) is 6.42 Å². The van der Waals surface area contributed by atoms with Crippen LogP contribution in [0.15, 0.2) is 30.3 Å². The molecule has 0 saturated heterocycles. The number of thiazole rings is 1. The topological polar surface area (TPSA) is 50.8 Å². The Labute approximate surface area is 127 Å². The Kier molecular flexibility index (Phi) is 3.75. The number of hydrogen-bond acceptors (Lipinski definition) is 4. The molecule has 108 valence electrons. The molecule has 0 spiro atoms. The maximum Gasteiger partial charge on any atom is 0.118 e. The van der Waals surface area contributed by atoms with Crippen molar-refractivity contribution < 1.29 is 4.74 Å². The average Bonchev–Trinajstić information content (AvgIpc) is 3.06. The lowest BCUT2D eigenvalue weighted by Gasteiger charge is -2.01. The van der Waals surface area contributed by atoms with E-state index in [-0.39, 0.29) is 0 Å². The van der Waals surface area contributed by atoms with Crippen LogP contribution in [-0.4, -0.2) is 22.3 Å². The molecule has 5 heteroatoms. The third kappa shape index (κ3) is 2.97. The minimum Gasteiger partial charge on any atom is -0.497 e. The first kappa shape index (κ1) is 13.8. The van der Waals surface area contributed by atoms with E-state index in [1.807, 2.05) is 26.0 Å². The van der Waals surface area contributed by atoms with Crippen LogP contribution in [0.2, 0.25) is 0 Å². The molecule has 0 atom stereocenters. The molecule has 0 aliphatic rings. The van der Waals surface area contributed by atoms with Crippen LogP contribution >= 0.6 is 11.3 Å². The van der Waals surface area contributed by atoms with Crippen molar-refractivity contribution >= 4 is 11.3 Å². The SMILES string of the molecule is COc1ccc(Cc2cc(-c3sc(C)nc3C)n[nH]2)cc1. The minimum atomic E-state index is 0.827. The van der Waals surface area contributed by atoms with E-state index < -0.39 is 0 Å². The van der Waals surface area contributed by atoms with E-state index in [2.05, 4.69) is 33.4 Å². The number of rotatable bonds is 4. The van der Waals surface area contributed by atoms with Gasteiger partial charge in [0.25, 0.3) is 0 Å². The minimum absolute atomic E-state index is 0.827. The summed E-state index contributed by atoms with van der Waals surface area (Å²) in [5.74, 6) is 0.875. The van der Waals surface area contributed by atoms with Crippen LogP contribution in [0, 0.1) is 13.8 Å². The summed E-state index contributed by atoms with van der Waals surface area (Å²) in [6.07, 6.45) is 0.827. The molecular formula is C16H17N3OS. The molecule has 0 unspecified atom stereocenters. The average molecular weight is 299 g/mol. The number of benzene rings is 1. The second kappa shape index (κ2) is 5.69. The largest absolute Gasteiger partial charge is 0.497 e. The Hall–Kier alpha value is -2.14. The zero-order valence-electron chi connectivity index (χ0n) is 12.3. The van der Waals surface area contributed by atoms with Gasteiger partial charge in [-0.3, -0.25) is 5.10 Å². The van der Waals surface area contributed by atoms with Crippen molar-refractivity contribution in [2.45, 2.75) is 20.3 Å². The molecule has 0 amide bonds. The summed E-state index contributed by atoms with van der Waals surface area (Å²) in [6, 6.07) is 10.2. The van der Waals surface area contributed by atoms with Crippen molar-refractivity contribution in [1.82, 2.24) is 15.2 Å². The van der Waals surface area contributed by atoms with Crippen LogP contribution in [0.5, 0.6) is 5.75 Å². The summed E-state index contributed by atoms with van der Waals surface area (Å²) in [5, 5.41) is 8.60. The second-order valence-electron chi connectivity index (χ2n) is 4.95. The molecule has 3 rings (SSSR count). The van der Waals surface area contributed by atoms with Gasteiger partial charge >= 0.3 is 0 Å². The number of hydrogen-bond donors (Lipinski definition) is 1. The Morgan fingerprint density at radius 2 is 1.95 bits per heavy atom. The van der Waals surface area contributed by atoms with Gasteiger partial charge in [0.2, 0.25) is 0 Å². The number of aromatic amines is 1. The highest BCUT2D eigenvalue weighted by Crippen LogP contribution is 2.28. The fourth-order valence-corrected chi connectivity index (χ4v) is 3.18. The molecule has 21 heavy (non-hydrogen) atoms. The van der Waals surface area contributed by atoms with Crippen molar-refractivity contribution in [3.8, 4) is 16.3 Å². The third-order valence-electron chi connectivity index (χ3n) is 3.32. The maximum atomic E-state index is 5.17. The standard InChI is InChI=1S/C16H17N3OS/c1-10-16(21-11(2)17-10)15-9-13(18-19-15)8-12-4-6-14(20-3)7-5-12/h4-7,9H,8H2,1-3H3,(H,18,19). The van der Waals surface area contributed by atoms with Gasteiger partial charge in [-0.25, -0.2) is 4.98 Å². The molecule has 0 aliphatic carbocycles. The van der Waals surface area contributed by atoms with Gasteiger partial charge in [-0.1, -0.05) is 12.1 Å². The summed E-state index contributed by atoms with van der Waals surface area (Å²) in [6.45, 7) is 4.04. The number of methoxy groups -OCH3 is 1. The lowest BCUT2D eigenvalue weighted by Crippen LogP contribution is -1.89. The number of aromatic nitrogens is 3. The second-order valence-corrected chi connectivity index (χ2v) is 6.15. The Bertz CT molecular complexity index is 743. The Morgan fingerprint density at radius 3 is 2.57 bits per heavy atom. The van der Waals surface area contributed by atoms with E-state index in [9.17, 15) is 0 Å². The predicted octanol–water partition coefficient (Wildman–Crippen LogP) is 3.75. The van der Waals surface area contributed by atoms with Crippen molar-refractivity contribution in [3.05, 3.63) is 52.3 Å². The van der Waals surface area contributed by atoms with Gasteiger partial charge in [-0.05, 0) is 37.6 Å². The Morgan fingerprint density at radius 1 is 1.19 bits per heavy atom. The molecule has 1 N–H and O–H groups in total. The zero-order valence-corrected chi connectivity index (χ0v) is 13.1. The van der Waals surface area contributed by atoms with Crippen LogP contribution in [0.25, 0.3) is 10.6 Å². The number of nitrogens with one attached hydrogen (secondary N) is 1. The van der Waals surface area contributed by atoms with E-state index in [1.54, 1.807) is 18.4 Å². The van der Waals surface area contributed by atoms with Crippen molar-refractivity contribution in [2.24, 2.45) is 0 Å². The molecule has 0 fully saturated rings. The normalized spacial score (nSPS) is 10.8. The highest BCUT2D eigenvalue weighted by Gasteiger charge is 2.11. The fourth-order valence-electron chi connectivity index (χ4n) is 2.30. The number of aryl methyl sites for hydroxylation is 2. The molecule has 2 aromatic heterocycles. The van der Waals surface area contributed by atoms with Crippen LogP contribution < -0.4 is 4.74 Å². The zero-order chi connectivity index (χ0) is 14.8. The Balaban J connectivity index is 1.80. The molecule has 1 aromatic carbocycles. The van der Waals surface area contributed by atoms with Crippen LogP contribution in [0.3, 0.4) is 0 Å². The van der Waals surface area contributed by atoms with Crippen molar-refractivity contribution in [2.75, 3.05) is 7.11 Å². The monoisotopic (exact) mass is 299 g/mol. The maximum absolute atomic E-state index is 5.17. The summed E-state index contributed by atoms with van der Waals surface area (Å²) < 4.78 is 5.17. The predicted molar refractivity (Wildman–Crippen MR) is 85.0 cm³/mol. The van der Waals surface area contributed by atoms with E-state index in [1.165, 1.54) is 5.56 Å². The van der Waals surface area contributed by atoms with Crippen molar-refractivity contribution in [3.63, 3.8) is 0 Å². The molecular weight excluding hydrogens is 282 g/mol. The van der Waals surface area contributed by atoms with Gasteiger partial charge in [0.15, 0.2) is 0 Å². The molecule has 0 aliphatic heterocycles. The molecule has 0 saturated carbocycles. The number of ether oxygens (including phenoxy) is 1. The lowest BCUT2D eigenvalue weighted by molar-refractivity contribution is 0.414. The van der Waals surface area contributed by atoms with Crippen molar-refractivity contribution in [1.29, 1.82) is 0 Å². The number of nitrogens with zero attached hydrogens (tertiary/aromatic N) is 2. The first-order valence-corrected chi connectivity index (χ1v) is 7.59. The molecule has 2 heterocycles. The highest BCUT2D eigenvalue weighted by molar-refractivity contribution is 7.15. The van der Waals surface area contributed by atoms with Gasteiger partial charge < -0.3 is 4.74 Å². The van der Waals surface area contributed by atoms with Gasteiger partial charge in [-0.15, -0.1) is 11.3 Å². The van der Waals surface area contributed by atoms with E-state index in [0.717, 1.165) is 39.1 Å². The quantitative estimate of drug-likeness (QED) is 0.798. The summed E-state index contributed by atoms with van der Waals surface area (Å²) in [4.78, 5) is 5.59.